The second kappa shape index (κ2) is 6.01. The predicted octanol–water partition coefficient (Wildman–Crippen LogP) is 1.60. The molecule has 1 aromatic carbocycles. The molecule has 7 heteroatoms. The number of nitrogens with zero attached hydrogens (tertiary/aromatic N) is 2. The summed E-state index contributed by atoms with van der Waals surface area (Å²) in [6, 6.07) is 4.86. The molecule has 2 rings (SSSR count). The molecule has 0 aromatic heterocycles. The standard InChI is InChI=1S/C13H20BrN3O2S/c1-16-6-5-10(8-16)9-17(2)20(18,19)13-4-3-11(14)7-12(13)15/h3-4,7,10H,5-6,8-9,15H2,1-2H3. The van der Waals surface area contributed by atoms with Crippen LogP contribution in [0.1, 0.15) is 6.42 Å². The zero-order valence-electron chi connectivity index (χ0n) is 11.7. The molecular formula is C13H20BrN3O2S. The minimum absolute atomic E-state index is 0.176. The van der Waals surface area contributed by atoms with Gasteiger partial charge in [-0.1, -0.05) is 15.9 Å². The van der Waals surface area contributed by atoms with Gasteiger partial charge in [-0.2, -0.15) is 0 Å². The molecular weight excluding hydrogens is 342 g/mol. The molecule has 1 aliphatic heterocycles. The van der Waals surface area contributed by atoms with Gasteiger partial charge in [0.1, 0.15) is 4.90 Å². The van der Waals surface area contributed by atoms with Crippen LogP contribution in [0, 0.1) is 5.92 Å². The van der Waals surface area contributed by atoms with Gasteiger partial charge in [0, 0.05) is 24.6 Å². The molecule has 112 valence electrons. The molecule has 1 aromatic rings. The SMILES string of the molecule is CN1CCC(CN(C)S(=O)(=O)c2ccc(Br)cc2N)C1. The summed E-state index contributed by atoms with van der Waals surface area (Å²) < 4.78 is 27.3. The number of anilines is 1. The fourth-order valence-corrected chi connectivity index (χ4v) is 4.28. The lowest BCUT2D eigenvalue weighted by Gasteiger charge is -2.21. The van der Waals surface area contributed by atoms with Crippen LogP contribution < -0.4 is 5.73 Å². The van der Waals surface area contributed by atoms with Gasteiger partial charge in [0.15, 0.2) is 0 Å². The molecule has 0 aliphatic carbocycles. The number of nitrogen functional groups attached to an aromatic ring is 1. The number of sulfonamides is 1. The number of hydrogen-bond acceptors (Lipinski definition) is 4. The third-order valence-corrected chi connectivity index (χ3v) is 6.05. The first kappa shape index (κ1) is 15.8. The van der Waals surface area contributed by atoms with Gasteiger partial charge in [0.05, 0.1) is 5.69 Å². The molecule has 1 unspecified atom stereocenters. The van der Waals surface area contributed by atoms with Gasteiger partial charge in [-0.3, -0.25) is 0 Å². The highest BCUT2D eigenvalue weighted by atomic mass is 79.9. The Labute approximate surface area is 128 Å². The first-order chi connectivity index (χ1) is 9.30. The van der Waals surface area contributed by atoms with E-state index in [1.54, 1.807) is 25.2 Å². The summed E-state index contributed by atoms with van der Waals surface area (Å²) >= 11 is 3.28. The number of halogens is 1. The van der Waals surface area contributed by atoms with E-state index < -0.39 is 10.0 Å². The number of likely N-dealkylation sites (tertiary alicyclic amines) is 1. The molecule has 5 nitrogen and oxygen atoms in total. The van der Waals surface area contributed by atoms with E-state index >= 15 is 0 Å². The van der Waals surface area contributed by atoms with E-state index in [0.717, 1.165) is 24.0 Å². The van der Waals surface area contributed by atoms with Crippen molar-refractivity contribution in [2.75, 3.05) is 39.5 Å². The van der Waals surface area contributed by atoms with Crippen molar-refractivity contribution in [1.29, 1.82) is 0 Å². The molecule has 0 spiro atoms. The smallest absolute Gasteiger partial charge is 0.244 e. The third-order valence-electron chi connectivity index (χ3n) is 3.66. The highest BCUT2D eigenvalue weighted by Crippen LogP contribution is 2.26. The summed E-state index contributed by atoms with van der Waals surface area (Å²) in [6.07, 6.45) is 1.03. The van der Waals surface area contributed by atoms with Crippen LogP contribution in [0.2, 0.25) is 0 Å². The van der Waals surface area contributed by atoms with Crippen LogP contribution in [-0.2, 0) is 10.0 Å². The molecule has 1 aliphatic rings. The average molecular weight is 362 g/mol. The van der Waals surface area contributed by atoms with E-state index in [0.29, 0.717) is 12.5 Å². The molecule has 0 amide bonds. The van der Waals surface area contributed by atoms with Crippen molar-refractivity contribution in [3.8, 4) is 0 Å². The van der Waals surface area contributed by atoms with Crippen LogP contribution in [0.15, 0.2) is 27.6 Å². The van der Waals surface area contributed by atoms with E-state index in [9.17, 15) is 8.42 Å². The van der Waals surface area contributed by atoms with E-state index in [1.165, 1.54) is 4.31 Å². The third kappa shape index (κ3) is 3.33. The molecule has 1 atom stereocenters. The van der Waals surface area contributed by atoms with E-state index in [4.69, 9.17) is 5.73 Å². The second-order valence-electron chi connectivity index (χ2n) is 5.38. The Hall–Kier alpha value is -0.630. The van der Waals surface area contributed by atoms with Crippen LogP contribution in [0.5, 0.6) is 0 Å². The van der Waals surface area contributed by atoms with Crippen LogP contribution in [0.3, 0.4) is 0 Å². The topological polar surface area (TPSA) is 66.6 Å². The van der Waals surface area contributed by atoms with Gasteiger partial charge in [0.2, 0.25) is 10.0 Å². The van der Waals surface area contributed by atoms with Gasteiger partial charge in [-0.15, -0.1) is 0 Å². The average Bonchev–Trinajstić information content (AvgIpc) is 2.74. The number of rotatable bonds is 4. The summed E-state index contributed by atoms with van der Waals surface area (Å²) in [6.45, 7) is 2.50. The van der Waals surface area contributed by atoms with Crippen LogP contribution in [0.4, 0.5) is 5.69 Å². The van der Waals surface area contributed by atoms with Gasteiger partial charge in [-0.05, 0) is 44.1 Å². The highest BCUT2D eigenvalue weighted by molar-refractivity contribution is 9.10. The van der Waals surface area contributed by atoms with Gasteiger partial charge < -0.3 is 10.6 Å². The largest absolute Gasteiger partial charge is 0.398 e. The monoisotopic (exact) mass is 361 g/mol. The Morgan fingerprint density at radius 2 is 2.20 bits per heavy atom. The molecule has 0 radical (unpaired) electrons. The van der Waals surface area contributed by atoms with Gasteiger partial charge in [-0.25, -0.2) is 12.7 Å². The first-order valence-corrected chi connectivity index (χ1v) is 8.74. The van der Waals surface area contributed by atoms with Crippen LogP contribution in [-0.4, -0.2) is 51.4 Å². The Bertz CT molecular complexity index is 591. The zero-order chi connectivity index (χ0) is 14.9. The molecule has 1 saturated heterocycles. The van der Waals surface area contributed by atoms with Crippen molar-refractivity contribution in [3.63, 3.8) is 0 Å². The Kier molecular flexibility index (Phi) is 4.73. The summed E-state index contributed by atoms with van der Waals surface area (Å²) in [5, 5.41) is 0. The van der Waals surface area contributed by atoms with Crippen LogP contribution >= 0.6 is 15.9 Å². The zero-order valence-corrected chi connectivity index (χ0v) is 14.1. The lowest BCUT2D eigenvalue weighted by molar-refractivity contribution is 0.357. The summed E-state index contributed by atoms with van der Waals surface area (Å²) in [5.41, 5.74) is 6.10. The minimum Gasteiger partial charge on any atom is -0.398 e. The quantitative estimate of drug-likeness (QED) is 0.827. The number of hydrogen-bond donors (Lipinski definition) is 1. The van der Waals surface area contributed by atoms with Gasteiger partial charge in [0.25, 0.3) is 0 Å². The maximum atomic E-state index is 12.6. The van der Waals surface area contributed by atoms with Crippen molar-refractivity contribution < 1.29 is 8.42 Å². The van der Waals surface area contributed by atoms with E-state index in [-0.39, 0.29) is 10.6 Å². The number of nitrogens with two attached hydrogens (primary N) is 1. The molecule has 2 N–H and O–H groups in total. The second-order valence-corrected chi connectivity index (χ2v) is 8.31. The lowest BCUT2D eigenvalue weighted by Crippen LogP contribution is -2.33. The minimum atomic E-state index is -3.52. The van der Waals surface area contributed by atoms with Crippen LogP contribution in [0.25, 0.3) is 0 Å². The molecule has 0 bridgehead atoms. The van der Waals surface area contributed by atoms with E-state index in [2.05, 4.69) is 27.9 Å². The first-order valence-electron chi connectivity index (χ1n) is 6.50. The van der Waals surface area contributed by atoms with Crippen molar-refractivity contribution in [2.24, 2.45) is 5.92 Å². The highest BCUT2D eigenvalue weighted by Gasteiger charge is 2.28. The van der Waals surface area contributed by atoms with Crippen molar-refractivity contribution in [2.45, 2.75) is 11.3 Å². The maximum Gasteiger partial charge on any atom is 0.244 e. The maximum absolute atomic E-state index is 12.6. The molecule has 1 heterocycles. The fourth-order valence-electron chi connectivity index (χ4n) is 2.56. The summed E-state index contributed by atoms with van der Waals surface area (Å²) in [5.74, 6) is 0.386. The number of benzene rings is 1. The van der Waals surface area contributed by atoms with Crippen molar-refractivity contribution in [3.05, 3.63) is 22.7 Å². The summed E-state index contributed by atoms with van der Waals surface area (Å²) in [4.78, 5) is 2.40. The Morgan fingerprint density at radius 1 is 1.50 bits per heavy atom. The Balaban J connectivity index is 2.17. The van der Waals surface area contributed by atoms with Crippen molar-refractivity contribution in [1.82, 2.24) is 9.21 Å². The predicted molar refractivity (Wildman–Crippen MR) is 84.0 cm³/mol. The molecule has 20 heavy (non-hydrogen) atoms. The summed E-state index contributed by atoms with van der Waals surface area (Å²) in [7, 11) is 0.155. The normalized spacial score (nSPS) is 20.7. The van der Waals surface area contributed by atoms with E-state index in [1.807, 2.05) is 0 Å². The fraction of sp³-hybridized carbons (Fsp3) is 0.538. The molecule has 1 fully saturated rings. The van der Waals surface area contributed by atoms with Gasteiger partial charge >= 0.3 is 0 Å². The molecule has 0 saturated carbocycles. The Morgan fingerprint density at radius 3 is 2.75 bits per heavy atom. The van der Waals surface area contributed by atoms with Crippen molar-refractivity contribution >= 4 is 31.6 Å². The lowest BCUT2D eigenvalue weighted by atomic mass is 10.1.